The van der Waals surface area contributed by atoms with Crippen molar-refractivity contribution in [2.75, 3.05) is 18.2 Å². The maximum atomic E-state index is 13.8. The summed E-state index contributed by atoms with van der Waals surface area (Å²) in [7, 11) is 0. The molecular formula is C18H23FN2O3S. The van der Waals surface area contributed by atoms with Crippen molar-refractivity contribution in [3.05, 3.63) is 29.6 Å². The minimum absolute atomic E-state index is 0.124. The van der Waals surface area contributed by atoms with Crippen LogP contribution >= 0.6 is 11.8 Å². The topological polar surface area (TPSA) is 58.6 Å². The van der Waals surface area contributed by atoms with Crippen LogP contribution in [0.15, 0.2) is 18.2 Å². The third kappa shape index (κ3) is 3.92. The number of ether oxygens (including phenoxy) is 1. The lowest BCUT2D eigenvalue weighted by atomic mass is 10.1. The molecule has 2 amide bonds. The summed E-state index contributed by atoms with van der Waals surface area (Å²) in [5.74, 6) is 0.881. The zero-order valence-corrected chi connectivity index (χ0v) is 15.3. The van der Waals surface area contributed by atoms with E-state index in [2.05, 4.69) is 19.2 Å². The Hall–Kier alpha value is -1.76. The molecule has 136 valence electrons. The Morgan fingerprint density at radius 1 is 1.44 bits per heavy atom. The number of thioether (sulfide) groups is 1. The Morgan fingerprint density at radius 3 is 2.96 bits per heavy atom. The van der Waals surface area contributed by atoms with Gasteiger partial charge in [-0.25, -0.2) is 4.39 Å². The highest BCUT2D eigenvalue weighted by atomic mass is 32.2. The number of nitrogens with one attached hydrogen (secondary N) is 1. The van der Waals surface area contributed by atoms with E-state index in [9.17, 15) is 14.0 Å². The first kappa shape index (κ1) is 18.0. The van der Waals surface area contributed by atoms with E-state index in [-0.39, 0.29) is 17.6 Å². The molecule has 0 spiro atoms. The maximum Gasteiger partial charge on any atom is 0.265 e. The molecule has 7 heteroatoms. The number of halogens is 1. The smallest absolute Gasteiger partial charge is 0.265 e. The van der Waals surface area contributed by atoms with Gasteiger partial charge in [0.25, 0.3) is 5.91 Å². The van der Waals surface area contributed by atoms with Gasteiger partial charge in [0, 0.05) is 24.3 Å². The number of hydrogen-bond donors (Lipinski definition) is 1. The van der Waals surface area contributed by atoms with Crippen LogP contribution in [-0.4, -0.2) is 47.0 Å². The van der Waals surface area contributed by atoms with Crippen LogP contribution in [0.25, 0.3) is 0 Å². The summed E-state index contributed by atoms with van der Waals surface area (Å²) in [4.78, 5) is 26.8. The molecule has 0 aromatic heterocycles. The van der Waals surface area contributed by atoms with Gasteiger partial charge in [-0.15, -0.1) is 11.8 Å². The first-order valence-corrected chi connectivity index (χ1v) is 9.73. The zero-order chi connectivity index (χ0) is 18.0. The van der Waals surface area contributed by atoms with Crippen LogP contribution in [0.1, 0.15) is 25.8 Å². The van der Waals surface area contributed by atoms with Gasteiger partial charge in [-0.05, 0) is 18.4 Å². The Morgan fingerprint density at radius 2 is 2.24 bits per heavy atom. The lowest BCUT2D eigenvalue weighted by molar-refractivity contribution is -0.143. The lowest BCUT2D eigenvalue weighted by Gasteiger charge is -2.25. The van der Waals surface area contributed by atoms with Crippen LogP contribution < -0.4 is 10.1 Å². The molecule has 0 radical (unpaired) electrons. The van der Waals surface area contributed by atoms with Gasteiger partial charge in [0.15, 0.2) is 17.7 Å². The molecule has 2 aliphatic rings. The van der Waals surface area contributed by atoms with Crippen molar-refractivity contribution in [1.82, 2.24) is 10.2 Å². The zero-order valence-electron chi connectivity index (χ0n) is 14.5. The predicted molar refractivity (Wildman–Crippen MR) is 94.9 cm³/mol. The quantitative estimate of drug-likeness (QED) is 0.868. The van der Waals surface area contributed by atoms with Gasteiger partial charge in [0.1, 0.15) is 6.04 Å². The highest BCUT2D eigenvalue weighted by Crippen LogP contribution is 2.33. The molecule has 1 saturated heterocycles. The highest BCUT2D eigenvalue weighted by Gasteiger charge is 2.41. The van der Waals surface area contributed by atoms with Crippen LogP contribution in [0, 0.1) is 11.7 Å². The summed E-state index contributed by atoms with van der Waals surface area (Å²) in [6.45, 7) is 4.81. The van der Waals surface area contributed by atoms with Gasteiger partial charge in [0.2, 0.25) is 5.91 Å². The molecule has 2 heterocycles. The first-order chi connectivity index (χ1) is 12.0. The molecule has 2 atom stereocenters. The van der Waals surface area contributed by atoms with Crippen molar-refractivity contribution < 1.29 is 18.7 Å². The number of rotatable bonds is 5. The number of benzene rings is 1. The molecule has 3 rings (SSSR count). The van der Waals surface area contributed by atoms with Gasteiger partial charge in [-0.3, -0.25) is 9.59 Å². The average Bonchev–Trinajstić information content (AvgIpc) is 3.21. The molecule has 0 aliphatic carbocycles. The summed E-state index contributed by atoms with van der Waals surface area (Å²) in [6, 6.07) is 4.21. The van der Waals surface area contributed by atoms with Crippen LogP contribution in [0.4, 0.5) is 4.39 Å². The number of amides is 2. The second-order valence-electron chi connectivity index (χ2n) is 6.84. The third-order valence-corrected chi connectivity index (χ3v) is 5.49. The molecule has 25 heavy (non-hydrogen) atoms. The van der Waals surface area contributed by atoms with E-state index in [4.69, 9.17) is 4.74 Å². The normalized spacial score (nSPS) is 22.0. The molecule has 1 N–H and O–H groups in total. The van der Waals surface area contributed by atoms with E-state index in [0.717, 1.165) is 6.42 Å². The Labute approximate surface area is 151 Å². The summed E-state index contributed by atoms with van der Waals surface area (Å²) in [6.07, 6.45) is 0.492. The summed E-state index contributed by atoms with van der Waals surface area (Å²) >= 11 is 1.55. The van der Waals surface area contributed by atoms with E-state index >= 15 is 0 Å². The highest BCUT2D eigenvalue weighted by molar-refractivity contribution is 7.99. The summed E-state index contributed by atoms with van der Waals surface area (Å²) in [5.41, 5.74) is 0.697. The number of nitrogens with zero attached hydrogens (tertiary/aromatic N) is 1. The van der Waals surface area contributed by atoms with E-state index in [1.807, 2.05) is 0 Å². The van der Waals surface area contributed by atoms with Crippen molar-refractivity contribution in [2.45, 2.75) is 38.8 Å². The Balaban J connectivity index is 1.62. The van der Waals surface area contributed by atoms with Crippen LogP contribution in [0.2, 0.25) is 0 Å². The standard InChI is InChI=1S/C18H23FN2O3S/c1-11(2)6-7-20-17(22)14-9-25-10-21(14)18(23)15-8-12-4-3-5-13(19)16(12)24-15/h3-5,11,14-15H,6-10H2,1-2H3,(H,20,22)/t14-,15-/m0/s1. The van der Waals surface area contributed by atoms with E-state index in [0.29, 0.717) is 36.1 Å². The molecule has 0 saturated carbocycles. The van der Waals surface area contributed by atoms with Gasteiger partial charge < -0.3 is 15.0 Å². The fraction of sp³-hybridized carbons (Fsp3) is 0.556. The fourth-order valence-electron chi connectivity index (χ4n) is 3.03. The second kappa shape index (κ2) is 7.64. The molecule has 1 aromatic carbocycles. The SMILES string of the molecule is CC(C)CCNC(=O)[C@@H]1CSCN1C(=O)[C@@H]1Cc2cccc(F)c2O1. The molecule has 1 fully saturated rings. The number of hydrogen-bond acceptors (Lipinski definition) is 4. The van der Waals surface area contributed by atoms with Gasteiger partial charge in [0.05, 0.1) is 5.88 Å². The number of carbonyl (C=O) groups is 2. The molecule has 0 unspecified atom stereocenters. The van der Waals surface area contributed by atoms with E-state index in [1.165, 1.54) is 6.07 Å². The molecule has 2 aliphatic heterocycles. The van der Waals surface area contributed by atoms with Crippen molar-refractivity contribution in [2.24, 2.45) is 5.92 Å². The predicted octanol–water partition coefficient (Wildman–Crippen LogP) is 2.19. The third-order valence-electron chi connectivity index (χ3n) is 4.48. The minimum atomic E-state index is -0.753. The molecular weight excluding hydrogens is 343 g/mol. The van der Waals surface area contributed by atoms with Crippen molar-refractivity contribution >= 4 is 23.6 Å². The summed E-state index contributed by atoms with van der Waals surface area (Å²) < 4.78 is 19.3. The van der Waals surface area contributed by atoms with E-state index < -0.39 is 18.0 Å². The van der Waals surface area contributed by atoms with Crippen LogP contribution in [-0.2, 0) is 16.0 Å². The monoisotopic (exact) mass is 366 g/mol. The number of carbonyl (C=O) groups excluding carboxylic acids is 2. The average molecular weight is 366 g/mol. The lowest BCUT2D eigenvalue weighted by Crippen LogP contribution is -2.51. The van der Waals surface area contributed by atoms with E-state index in [1.54, 1.807) is 28.8 Å². The van der Waals surface area contributed by atoms with Crippen molar-refractivity contribution in [1.29, 1.82) is 0 Å². The Kier molecular flexibility index (Phi) is 5.51. The fourth-order valence-corrected chi connectivity index (χ4v) is 4.20. The molecule has 1 aromatic rings. The minimum Gasteiger partial charge on any atom is -0.477 e. The number of fused-ring (bicyclic) bond motifs is 1. The largest absolute Gasteiger partial charge is 0.477 e. The molecule has 5 nitrogen and oxygen atoms in total. The van der Waals surface area contributed by atoms with Gasteiger partial charge in [-0.2, -0.15) is 0 Å². The second-order valence-corrected chi connectivity index (χ2v) is 7.84. The molecule has 0 bridgehead atoms. The summed E-state index contributed by atoms with van der Waals surface area (Å²) in [5, 5.41) is 2.91. The maximum absolute atomic E-state index is 13.8. The van der Waals surface area contributed by atoms with Gasteiger partial charge >= 0.3 is 0 Å². The van der Waals surface area contributed by atoms with Crippen molar-refractivity contribution in [3.63, 3.8) is 0 Å². The number of para-hydroxylation sites is 1. The van der Waals surface area contributed by atoms with Crippen LogP contribution in [0.5, 0.6) is 5.75 Å². The van der Waals surface area contributed by atoms with Crippen molar-refractivity contribution in [3.8, 4) is 5.75 Å². The first-order valence-electron chi connectivity index (χ1n) is 8.57. The Bertz CT molecular complexity index is 668. The van der Waals surface area contributed by atoms with Gasteiger partial charge in [-0.1, -0.05) is 26.0 Å². The van der Waals surface area contributed by atoms with Crippen LogP contribution in [0.3, 0.4) is 0 Å².